The summed E-state index contributed by atoms with van der Waals surface area (Å²) < 4.78 is 11.4. The average Bonchev–Trinajstić information content (AvgIpc) is 3.07. The molecule has 0 aromatic heterocycles. The highest BCUT2D eigenvalue weighted by Crippen LogP contribution is 2.16. The minimum atomic E-state index is 0. The molecule has 1 heterocycles. The summed E-state index contributed by atoms with van der Waals surface area (Å²) >= 11 is 0. The molecule has 0 aliphatic carbocycles. The molecule has 0 bridgehead atoms. The molecular weight excluding hydrogens is 417 g/mol. The Kier molecular flexibility index (Phi) is 10.8. The van der Waals surface area contributed by atoms with E-state index in [9.17, 15) is 0 Å². The van der Waals surface area contributed by atoms with Gasteiger partial charge in [0.2, 0.25) is 0 Å². The fourth-order valence-electron chi connectivity index (χ4n) is 2.50. The van der Waals surface area contributed by atoms with Crippen LogP contribution in [0.4, 0.5) is 0 Å². The van der Waals surface area contributed by atoms with E-state index in [2.05, 4.69) is 35.5 Å². The summed E-state index contributed by atoms with van der Waals surface area (Å²) in [5.41, 5.74) is 1.17. The number of benzene rings is 1. The molecular formula is C18H30IN3O2. The van der Waals surface area contributed by atoms with Gasteiger partial charge in [-0.05, 0) is 44.7 Å². The fraction of sp³-hybridized carbons (Fsp3) is 0.611. The van der Waals surface area contributed by atoms with Crippen LogP contribution >= 0.6 is 24.0 Å². The lowest BCUT2D eigenvalue weighted by Crippen LogP contribution is -2.38. The van der Waals surface area contributed by atoms with Crippen molar-refractivity contribution in [3.63, 3.8) is 0 Å². The second-order valence-electron chi connectivity index (χ2n) is 5.75. The van der Waals surface area contributed by atoms with Crippen molar-refractivity contribution in [1.82, 2.24) is 10.6 Å². The number of aryl methyl sites for hydroxylation is 1. The molecule has 1 aliphatic rings. The molecule has 1 fully saturated rings. The van der Waals surface area contributed by atoms with Crippen LogP contribution < -0.4 is 15.4 Å². The Balaban J connectivity index is 0.00000288. The van der Waals surface area contributed by atoms with Crippen LogP contribution in [-0.2, 0) is 4.74 Å². The van der Waals surface area contributed by atoms with E-state index in [1.807, 2.05) is 18.2 Å². The molecule has 0 amide bonds. The summed E-state index contributed by atoms with van der Waals surface area (Å²) in [4.78, 5) is 4.59. The Hall–Kier alpha value is -1.02. The maximum absolute atomic E-state index is 5.80. The molecule has 6 heteroatoms. The molecule has 0 spiro atoms. The first-order chi connectivity index (χ1) is 11.3. The Labute approximate surface area is 162 Å². The van der Waals surface area contributed by atoms with Crippen molar-refractivity contribution >= 4 is 29.9 Å². The normalized spacial score (nSPS) is 17.2. The molecule has 1 aliphatic heterocycles. The van der Waals surface area contributed by atoms with E-state index < -0.39 is 0 Å². The Morgan fingerprint density at radius 2 is 2.17 bits per heavy atom. The molecule has 1 saturated heterocycles. The number of rotatable bonds is 8. The summed E-state index contributed by atoms with van der Waals surface area (Å²) in [5.74, 6) is 1.82. The lowest BCUT2D eigenvalue weighted by Gasteiger charge is -2.13. The van der Waals surface area contributed by atoms with E-state index in [0.717, 1.165) is 57.2 Å². The van der Waals surface area contributed by atoms with Gasteiger partial charge in [0.05, 0.1) is 19.3 Å². The predicted molar refractivity (Wildman–Crippen MR) is 110 cm³/mol. The van der Waals surface area contributed by atoms with Gasteiger partial charge in [-0.2, -0.15) is 0 Å². The Bertz CT molecular complexity index is 491. The van der Waals surface area contributed by atoms with Gasteiger partial charge in [-0.1, -0.05) is 18.2 Å². The maximum Gasteiger partial charge on any atom is 0.191 e. The zero-order chi connectivity index (χ0) is 16.3. The largest absolute Gasteiger partial charge is 0.493 e. The van der Waals surface area contributed by atoms with Crippen molar-refractivity contribution < 1.29 is 9.47 Å². The standard InChI is InChI=1S/C18H29N3O2.HI/c1-3-19-18(21-14-16-9-6-12-22-16)20-11-7-13-23-17-10-5-4-8-15(17)2;/h4-5,8,10,16H,3,6-7,9,11-14H2,1-2H3,(H2,19,20,21);1H. The number of halogens is 1. The quantitative estimate of drug-likeness (QED) is 0.278. The van der Waals surface area contributed by atoms with Crippen molar-refractivity contribution in [1.29, 1.82) is 0 Å². The zero-order valence-electron chi connectivity index (χ0n) is 14.7. The maximum atomic E-state index is 5.80. The van der Waals surface area contributed by atoms with Gasteiger partial charge in [0.15, 0.2) is 5.96 Å². The van der Waals surface area contributed by atoms with Crippen molar-refractivity contribution in [3.8, 4) is 5.75 Å². The predicted octanol–water partition coefficient (Wildman–Crippen LogP) is 3.12. The third-order valence-electron chi connectivity index (χ3n) is 3.79. The van der Waals surface area contributed by atoms with Crippen LogP contribution in [0.25, 0.3) is 0 Å². The van der Waals surface area contributed by atoms with Crippen LogP contribution in [0.3, 0.4) is 0 Å². The highest BCUT2D eigenvalue weighted by molar-refractivity contribution is 14.0. The average molecular weight is 447 g/mol. The van der Waals surface area contributed by atoms with E-state index in [4.69, 9.17) is 9.47 Å². The number of nitrogens with zero attached hydrogens (tertiary/aromatic N) is 1. The van der Waals surface area contributed by atoms with Gasteiger partial charge in [-0.3, -0.25) is 4.99 Å². The van der Waals surface area contributed by atoms with Gasteiger partial charge >= 0.3 is 0 Å². The molecule has 2 rings (SSSR count). The monoisotopic (exact) mass is 447 g/mol. The van der Waals surface area contributed by atoms with Crippen LogP contribution in [0.2, 0.25) is 0 Å². The second kappa shape index (κ2) is 12.4. The Morgan fingerprint density at radius 3 is 2.88 bits per heavy atom. The van der Waals surface area contributed by atoms with Crippen LogP contribution in [0.1, 0.15) is 31.7 Å². The van der Waals surface area contributed by atoms with Crippen LogP contribution in [0.15, 0.2) is 29.3 Å². The lowest BCUT2D eigenvalue weighted by atomic mass is 10.2. The number of guanidine groups is 1. The molecule has 1 unspecified atom stereocenters. The zero-order valence-corrected chi connectivity index (χ0v) is 17.0. The number of ether oxygens (including phenoxy) is 2. The van der Waals surface area contributed by atoms with Crippen molar-refractivity contribution in [2.75, 3.05) is 32.8 Å². The molecule has 1 aromatic carbocycles. The number of hydrogen-bond donors (Lipinski definition) is 2. The van der Waals surface area contributed by atoms with E-state index in [-0.39, 0.29) is 30.1 Å². The fourth-order valence-corrected chi connectivity index (χ4v) is 2.50. The van der Waals surface area contributed by atoms with E-state index in [0.29, 0.717) is 6.61 Å². The first kappa shape index (κ1) is 21.0. The molecule has 1 aromatic rings. The van der Waals surface area contributed by atoms with E-state index >= 15 is 0 Å². The van der Waals surface area contributed by atoms with E-state index in [1.165, 1.54) is 5.56 Å². The van der Waals surface area contributed by atoms with Gasteiger partial charge in [0.1, 0.15) is 5.75 Å². The van der Waals surface area contributed by atoms with Crippen LogP contribution in [0, 0.1) is 6.92 Å². The third kappa shape index (κ3) is 7.70. The van der Waals surface area contributed by atoms with Crippen molar-refractivity contribution in [2.45, 2.75) is 39.2 Å². The lowest BCUT2D eigenvalue weighted by molar-refractivity contribution is 0.117. The van der Waals surface area contributed by atoms with Gasteiger partial charge in [-0.25, -0.2) is 0 Å². The van der Waals surface area contributed by atoms with Crippen molar-refractivity contribution in [3.05, 3.63) is 29.8 Å². The number of nitrogens with one attached hydrogen (secondary N) is 2. The summed E-state index contributed by atoms with van der Waals surface area (Å²) in [7, 11) is 0. The number of hydrogen-bond acceptors (Lipinski definition) is 3. The first-order valence-electron chi connectivity index (χ1n) is 8.62. The molecule has 24 heavy (non-hydrogen) atoms. The summed E-state index contributed by atoms with van der Waals surface area (Å²) in [6, 6.07) is 8.10. The summed E-state index contributed by atoms with van der Waals surface area (Å²) in [5, 5.41) is 6.62. The van der Waals surface area contributed by atoms with Crippen LogP contribution in [0.5, 0.6) is 5.75 Å². The summed E-state index contributed by atoms with van der Waals surface area (Å²) in [6.07, 6.45) is 3.49. The molecule has 136 valence electrons. The first-order valence-corrected chi connectivity index (χ1v) is 8.62. The number of para-hydroxylation sites is 1. The van der Waals surface area contributed by atoms with E-state index in [1.54, 1.807) is 0 Å². The molecule has 1 atom stereocenters. The van der Waals surface area contributed by atoms with Gasteiger partial charge in [0.25, 0.3) is 0 Å². The second-order valence-corrected chi connectivity index (χ2v) is 5.75. The Morgan fingerprint density at radius 1 is 1.33 bits per heavy atom. The highest BCUT2D eigenvalue weighted by Gasteiger charge is 2.14. The van der Waals surface area contributed by atoms with Crippen molar-refractivity contribution in [2.24, 2.45) is 4.99 Å². The minimum absolute atomic E-state index is 0. The highest BCUT2D eigenvalue weighted by atomic mass is 127. The molecule has 0 saturated carbocycles. The van der Waals surface area contributed by atoms with Gasteiger partial charge in [0, 0.05) is 19.7 Å². The third-order valence-corrected chi connectivity index (χ3v) is 3.79. The number of aliphatic imine (C=N–C) groups is 1. The smallest absolute Gasteiger partial charge is 0.191 e. The van der Waals surface area contributed by atoms with Gasteiger partial charge < -0.3 is 20.1 Å². The molecule has 2 N–H and O–H groups in total. The van der Waals surface area contributed by atoms with Gasteiger partial charge in [-0.15, -0.1) is 24.0 Å². The topological polar surface area (TPSA) is 54.9 Å². The summed E-state index contributed by atoms with van der Waals surface area (Å²) in [6.45, 7) is 8.14. The van der Waals surface area contributed by atoms with Crippen LogP contribution in [-0.4, -0.2) is 44.9 Å². The SMILES string of the molecule is CCNC(=NCC1CCCO1)NCCCOc1ccccc1C.I. The molecule has 5 nitrogen and oxygen atoms in total. The molecule has 0 radical (unpaired) electrons. The minimum Gasteiger partial charge on any atom is -0.493 e.